The lowest BCUT2D eigenvalue weighted by molar-refractivity contribution is -0.133. The Balaban J connectivity index is 0.00000385. The van der Waals surface area contributed by atoms with E-state index in [0.717, 1.165) is 81.7 Å². The molecule has 33 heavy (non-hydrogen) atoms. The molecule has 1 aromatic carbocycles. The first kappa shape index (κ1) is 27.5. The molecule has 2 saturated heterocycles. The van der Waals surface area contributed by atoms with Gasteiger partial charge >= 0.3 is 0 Å². The number of halogens is 1. The number of nitrogens with zero attached hydrogens (tertiary/aromatic N) is 4. The maximum Gasteiger partial charge on any atom is 0.236 e. The molecular weight excluding hydrogens is 533 g/mol. The smallest absolute Gasteiger partial charge is 0.236 e. The number of nitrogens with one attached hydrogen (secondary N) is 1. The summed E-state index contributed by atoms with van der Waals surface area (Å²) < 4.78 is 11.1. The van der Waals surface area contributed by atoms with Gasteiger partial charge in [0, 0.05) is 45.8 Å². The zero-order chi connectivity index (χ0) is 22.8. The van der Waals surface area contributed by atoms with Crippen molar-refractivity contribution < 1.29 is 14.3 Å². The molecule has 2 aliphatic rings. The number of piperazine rings is 1. The molecular formula is C24H40IN5O3. The van der Waals surface area contributed by atoms with E-state index in [4.69, 9.17) is 14.5 Å². The Labute approximate surface area is 215 Å². The summed E-state index contributed by atoms with van der Waals surface area (Å²) in [6.45, 7) is 11.9. The van der Waals surface area contributed by atoms with Crippen molar-refractivity contribution in [2.24, 2.45) is 4.99 Å². The van der Waals surface area contributed by atoms with Crippen LogP contribution in [0.4, 0.5) is 0 Å². The van der Waals surface area contributed by atoms with Gasteiger partial charge in [-0.25, -0.2) is 4.99 Å². The highest BCUT2D eigenvalue weighted by Crippen LogP contribution is 2.28. The quantitative estimate of drug-likeness (QED) is 0.293. The van der Waals surface area contributed by atoms with E-state index in [1.807, 2.05) is 30.0 Å². The Morgan fingerprint density at radius 2 is 1.73 bits per heavy atom. The van der Waals surface area contributed by atoms with Crippen molar-refractivity contribution in [3.63, 3.8) is 0 Å². The molecule has 9 heteroatoms. The fraction of sp³-hybridized carbons (Fsp3) is 0.667. The van der Waals surface area contributed by atoms with Crippen LogP contribution >= 0.6 is 24.0 Å². The summed E-state index contributed by atoms with van der Waals surface area (Å²) in [5.74, 6) is 2.69. The van der Waals surface area contributed by atoms with Gasteiger partial charge in [-0.2, -0.15) is 0 Å². The van der Waals surface area contributed by atoms with E-state index in [2.05, 4.69) is 22.0 Å². The third-order valence-corrected chi connectivity index (χ3v) is 6.01. The van der Waals surface area contributed by atoms with E-state index in [1.165, 1.54) is 6.42 Å². The van der Waals surface area contributed by atoms with Crippen LogP contribution in [0.15, 0.2) is 23.2 Å². The maximum atomic E-state index is 12.6. The van der Waals surface area contributed by atoms with Gasteiger partial charge in [0.2, 0.25) is 5.91 Å². The zero-order valence-electron chi connectivity index (χ0n) is 20.3. The molecule has 2 fully saturated rings. The number of hydrogen-bond acceptors (Lipinski definition) is 5. The molecule has 0 aromatic heterocycles. The Morgan fingerprint density at radius 3 is 2.36 bits per heavy atom. The van der Waals surface area contributed by atoms with Gasteiger partial charge in [0.05, 0.1) is 26.8 Å². The van der Waals surface area contributed by atoms with Gasteiger partial charge in [-0.1, -0.05) is 6.07 Å². The fourth-order valence-electron chi connectivity index (χ4n) is 4.23. The van der Waals surface area contributed by atoms with E-state index >= 15 is 0 Å². The first-order chi connectivity index (χ1) is 15.6. The van der Waals surface area contributed by atoms with E-state index < -0.39 is 0 Å². The van der Waals surface area contributed by atoms with E-state index in [-0.39, 0.29) is 29.9 Å². The number of guanidine groups is 1. The summed E-state index contributed by atoms with van der Waals surface area (Å²) >= 11 is 0. The van der Waals surface area contributed by atoms with Crippen molar-refractivity contribution in [2.75, 3.05) is 66.1 Å². The minimum atomic E-state index is 0. The molecule has 2 heterocycles. The molecule has 0 spiro atoms. The number of hydrogen-bond donors (Lipinski definition) is 1. The number of amides is 1. The Kier molecular flexibility index (Phi) is 12.1. The molecule has 1 aromatic rings. The minimum absolute atomic E-state index is 0. The number of carbonyl (C=O) groups is 1. The van der Waals surface area contributed by atoms with Gasteiger partial charge in [0.1, 0.15) is 0 Å². The highest BCUT2D eigenvalue weighted by Gasteiger charge is 2.24. The summed E-state index contributed by atoms with van der Waals surface area (Å²) in [5.41, 5.74) is 1.08. The van der Waals surface area contributed by atoms with E-state index in [9.17, 15) is 4.79 Å². The lowest BCUT2D eigenvalue weighted by atomic mass is 10.1. The molecule has 0 atom stereocenters. The number of methoxy groups -OCH3 is 1. The van der Waals surface area contributed by atoms with Crippen molar-refractivity contribution >= 4 is 35.8 Å². The Bertz CT molecular complexity index is 762. The summed E-state index contributed by atoms with van der Waals surface area (Å²) in [5, 5.41) is 3.42. The monoisotopic (exact) mass is 573 g/mol. The average Bonchev–Trinajstić information content (AvgIpc) is 2.83. The van der Waals surface area contributed by atoms with Crippen molar-refractivity contribution in [3.8, 4) is 11.5 Å². The number of benzene rings is 1. The standard InChI is InChI=1S/C24H39N5O3.HI/c1-4-25-24(26-18-20-9-10-21(31-3)22(17-20)32-5-2)29-15-13-27(14-16-29)19-23(30)28-11-7-6-8-12-28;/h9-10,17H,4-8,11-16,18-19H2,1-3H3,(H,25,26);1H. The van der Waals surface area contributed by atoms with Crippen LogP contribution in [0.3, 0.4) is 0 Å². The van der Waals surface area contributed by atoms with Crippen molar-refractivity contribution in [3.05, 3.63) is 23.8 Å². The normalized spacial score (nSPS) is 17.4. The van der Waals surface area contributed by atoms with Gasteiger partial charge in [-0.3, -0.25) is 9.69 Å². The lowest BCUT2D eigenvalue weighted by Gasteiger charge is -2.37. The second-order valence-corrected chi connectivity index (χ2v) is 8.29. The van der Waals surface area contributed by atoms with Crippen LogP contribution in [0.1, 0.15) is 38.7 Å². The number of likely N-dealkylation sites (tertiary alicyclic amines) is 1. The summed E-state index contributed by atoms with van der Waals surface area (Å²) in [6, 6.07) is 5.96. The van der Waals surface area contributed by atoms with Gasteiger partial charge in [0.25, 0.3) is 0 Å². The number of carbonyl (C=O) groups excluding carboxylic acids is 1. The van der Waals surface area contributed by atoms with Crippen molar-refractivity contribution in [1.29, 1.82) is 0 Å². The molecule has 8 nitrogen and oxygen atoms in total. The highest BCUT2D eigenvalue weighted by atomic mass is 127. The largest absolute Gasteiger partial charge is 0.493 e. The number of piperidine rings is 1. The average molecular weight is 574 g/mol. The van der Waals surface area contributed by atoms with Crippen LogP contribution < -0.4 is 14.8 Å². The van der Waals surface area contributed by atoms with Crippen LogP contribution in [-0.4, -0.2) is 92.6 Å². The van der Waals surface area contributed by atoms with Crippen molar-refractivity contribution in [1.82, 2.24) is 20.0 Å². The maximum absolute atomic E-state index is 12.6. The fourth-order valence-corrected chi connectivity index (χ4v) is 4.23. The molecule has 0 bridgehead atoms. The number of ether oxygens (including phenoxy) is 2. The topological polar surface area (TPSA) is 69.6 Å². The lowest BCUT2D eigenvalue weighted by Crippen LogP contribution is -2.54. The number of aliphatic imine (C=N–C) groups is 1. The Hall–Kier alpha value is -1.75. The van der Waals surface area contributed by atoms with Gasteiger partial charge in [-0.05, 0) is 50.8 Å². The first-order valence-electron chi connectivity index (χ1n) is 12.0. The molecule has 1 amide bonds. The van der Waals surface area contributed by atoms with Gasteiger partial charge < -0.3 is 24.6 Å². The zero-order valence-corrected chi connectivity index (χ0v) is 22.7. The molecule has 0 unspecified atom stereocenters. The van der Waals surface area contributed by atoms with Crippen LogP contribution in [0.5, 0.6) is 11.5 Å². The van der Waals surface area contributed by atoms with Crippen LogP contribution in [0, 0.1) is 0 Å². The molecule has 1 N–H and O–H groups in total. The molecule has 3 rings (SSSR count). The van der Waals surface area contributed by atoms with Crippen molar-refractivity contribution in [2.45, 2.75) is 39.7 Å². The first-order valence-corrected chi connectivity index (χ1v) is 12.0. The molecule has 0 saturated carbocycles. The second kappa shape index (κ2) is 14.5. The van der Waals surface area contributed by atoms with Gasteiger partial charge in [-0.15, -0.1) is 24.0 Å². The second-order valence-electron chi connectivity index (χ2n) is 8.29. The highest BCUT2D eigenvalue weighted by molar-refractivity contribution is 14.0. The molecule has 0 aliphatic carbocycles. The minimum Gasteiger partial charge on any atom is -0.493 e. The van der Waals surface area contributed by atoms with Crippen LogP contribution in [0.25, 0.3) is 0 Å². The van der Waals surface area contributed by atoms with E-state index in [0.29, 0.717) is 19.7 Å². The SMILES string of the molecule is CCNC(=NCc1ccc(OC)c(OCC)c1)N1CCN(CC(=O)N2CCCCC2)CC1.I. The molecule has 2 aliphatic heterocycles. The summed E-state index contributed by atoms with van der Waals surface area (Å²) in [7, 11) is 1.65. The third kappa shape index (κ3) is 8.20. The number of rotatable bonds is 8. The Morgan fingerprint density at radius 1 is 1.00 bits per heavy atom. The molecule has 0 radical (unpaired) electrons. The van der Waals surface area contributed by atoms with Gasteiger partial charge in [0.15, 0.2) is 17.5 Å². The summed E-state index contributed by atoms with van der Waals surface area (Å²) in [6.07, 6.45) is 3.53. The van der Waals surface area contributed by atoms with Crippen LogP contribution in [-0.2, 0) is 11.3 Å². The van der Waals surface area contributed by atoms with Crippen LogP contribution in [0.2, 0.25) is 0 Å². The molecule has 186 valence electrons. The van der Waals surface area contributed by atoms with E-state index in [1.54, 1.807) is 7.11 Å². The summed E-state index contributed by atoms with van der Waals surface area (Å²) in [4.78, 5) is 24.0. The third-order valence-electron chi connectivity index (χ3n) is 6.01. The predicted octanol–water partition coefficient (Wildman–Crippen LogP) is 2.81. The predicted molar refractivity (Wildman–Crippen MR) is 143 cm³/mol.